The summed E-state index contributed by atoms with van der Waals surface area (Å²) in [5.41, 5.74) is 1.05. The second-order valence-corrected chi connectivity index (χ2v) is 4.63. The molecule has 0 aromatic carbocycles. The van der Waals surface area contributed by atoms with E-state index in [1.807, 2.05) is 13.0 Å². The monoisotopic (exact) mass is 233 g/mol. The van der Waals surface area contributed by atoms with Crippen LogP contribution in [0, 0.1) is 6.92 Å². The van der Waals surface area contributed by atoms with E-state index in [0.717, 1.165) is 31.0 Å². The SMILES string of the molecule is Cc1nccc(CNCCc2cccs2)n1. The van der Waals surface area contributed by atoms with Crippen LogP contribution < -0.4 is 5.32 Å². The smallest absolute Gasteiger partial charge is 0.125 e. The third-order valence-corrected chi connectivity index (χ3v) is 3.20. The minimum atomic E-state index is 0.814. The zero-order valence-electron chi connectivity index (χ0n) is 9.31. The highest BCUT2D eigenvalue weighted by Crippen LogP contribution is 2.08. The summed E-state index contributed by atoms with van der Waals surface area (Å²) >= 11 is 1.81. The van der Waals surface area contributed by atoms with Crippen LogP contribution in [0.3, 0.4) is 0 Å². The van der Waals surface area contributed by atoms with E-state index in [1.54, 1.807) is 17.5 Å². The zero-order valence-corrected chi connectivity index (χ0v) is 10.1. The van der Waals surface area contributed by atoms with Gasteiger partial charge in [0.15, 0.2) is 0 Å². The number of nitrogens with zero attached hydrogens (tertiary/aromatic N) is 2. The molecular weight excluding hydrogens is 218 g/mol. The molecule has 4 heteroatoms. The van der Waals surface area contributed by atoms with Gasteiger partial charge in [-0.25, -0.2) is 9.97 Å². The summed E-state index contributed by atoms with van der Waals surface area (Å²) in [5, 5.41) is 5.50. The van der Waals surface area contributed by atoms with Crippen LogP contribution in [0.4, 0.5) is 0 Å². The fourth-order valence-corrected chi connectivity index (χ4v) is 2.20. The molecule has 3 nitrogen and oxygen atoms in total. The van der Waals surface area contributed by atoms with E-state index in [9.17, 15) is 0 Å². The summed E-state index contributed by atoms with van der Waals surface area (Å²) in [4.78, 5) is 9.83. The molecule has 2 heterocycles. The van der Waals surface area contributed by atoms with Crippen molar-refractivity contribution in [1.29, 1.82) is 0 Å². The van der Waals surface area contributed by atoms with E-state index >= 15 is 0 Å². The molecule has 0 bridgehead atoms. The first-order chi connectivity index (χ1) is 7.84. The predicted octanol–water partition coefficient (Wildman–Crippen LogP) is 2.18. The molecule has 2 aromatic rings. The van der Waals surface area contributed by atoms with Gasteiger partial charge in [-0.05, 0) is 30.9 Å². The van der Waals surface area contributed by atoms with Crippen molar-refractivity contribution < 1.29 is 0 Å². The molecule has 0 radical (unpaired) electrons. The van der Waals surface area contributed by atoms with Crippen molar-refractivity contribution in [2.24, 2.45) is 0 Å². The number of hydrogen-bond acceptors (Lipinski definition) is 4. The molecule has 16 heavy (non-hydrogen) atoms. The summed E-state index contributed by atoms with van der Waals surface area (Å²) < 4.78 is 0. The van der Waals surface area contributed by atoms with Gasteiger partial charge in [0, 0.05) is 24.2 Å². The molecule has 0 saturated heterocycles. The van der Waals surface area contributed by atoms with E-state index in [4.69, 9.17) is 0 Å². The molecule has 0 spiro atoms. The number of nitrogens with one attached hydrogen (secondary N) is 1. The molecule has 1 N–H and O–H groups in total. The molecule has 0 fully saturated rings. The van der Waals surface area contributed by atoms with Gasteiger partial charge in [-0.1, -0.05) is 6.07 Å². The van der Waals surface area contributed by atoms with Crippen LogP contribution in [-0.2, 0) is 13.0 Å². The van der Waals surface area contributed by atoms with Crippen molar-refractivity contribution in [3.8, 4) is 0 Å². The lowest BCUT2D eigenvalue weighted by Gasteiger charge is -2.03. The van der Waals surface area contributed by atoms with Crippen molar-refractivity contribution >= 4 is 11.3 Å². The third kappa shape index (κ3) is 3.40. The summed E-state index contributed by atoms with van der Waals surface area (Å²) in [6.07, 6.45) is 2.89. The fraction of sp³-hybridized carbons (Fsp3) is 0.333. The van der Waals surface area contributed by atoms with E-state index in [2.05, 4.69) is 32.8 Å². The van der Waals surface area contributed by atoms with Gasteiger partial charge in [-0.15, -0.1) is 11.3 Å². The van der Waals surface area contributed by atoms with E-state index < -0.39 is 0 Å². The highest BCUT2D eigenvalue weighted by atomic mass is 32.1. The average Bonchev–Trinajstić information content (AvgIpc) is 2.77. The van der Waals surface area contributed by atoms with Crippen molar-refractivity contribution in [3.05, 3.63) is 46.2 Å². The van der Waals surface area contributed by atoms with Crippen molar-refractivity contribution in [3.63, 3.8) is 0 Å². The lowest BCUT2D eigenvalue weighted by molar-refractivity contribution is 0.674. The Morgan fingerprint density at radius 1 is 1.38 bits per heavy atom. The second-order valence-electron chi connectivity index (χ2n) is 3.60. The highest BCUT2D eigenvalue weighted by molar-refractivity contribution is 7.09. The summed E-state index contributed by atoms with van der Waals surface area (Å²) in [6, 6.07) is 6.21. The van der Waals surface area contributed by atoms with Gasteiger partial charge >= 0.3 is 0 Å². The maximum absolute atomic E-state index is 4.34. The maximum Gasteiger partial charge on any atom is 0.125 e. The topological polar surface area (TPSA) is 37.8 Å². The van der Waals surface area contributed by atoms with Crippen LogP contribution in [0.25, 0.3) is 0 Å². The minimum absolute atomic E-state index is 0.814. The summed E-state index contributed by atoms with van der Waals surface area (Å²) in [5.74, 6) is 0.831. The Bertz CT molecular complexity index is 426. The van der Waals surface area contributed by atoms with Gasteiger partial charge in [0.1, 0.15) is 5.82 Å². The molecule has 0 aliphatic heterocycles. The van der Waals surface area contributed by atoms with Crippen LogP contribution >= 0.6 is 11.3 Å². The molecule has 0 aliphatic rings. The first kappa shape index (κ1) is 11.2. The fourth-order valence-electron chi connectivity index (χ4n) is 1.49. The maximum atomic E-state index is 4.34. The molecule has 0 saturated carbocycles. The molecule has 84 valence electrons. The number of aromatic nitrogens is 2. The molecule has 2 rings (SSSR count). The van der Waals surface area contributed by atoms with E-state index in [-0.39, 0.29) is 0 Å². The lowest BCUT2D eigenvalue weighted by atomic mass is 10.3. The molecular formula is C12H15N3S. The van der Waals surface area contributed by atoms with Crippen molar-refractivity contribution in [2.45, 2.75) is 19.9 Å². The lowest BCUT2D eigenvalue weighted by Crippen LogP contribution is -2.17. The van der Waals surface area contributed by atoms with E-state index in [0.29, 0.717) is 0 Å². The van der Waals surface area contributed by atoms with Crippen molar-refractivity contribution in [2.75, 3.05) is 6.54 Å². The average molecular weight is 233 g/mol. The van der Waals surface area contributed by atoms with Gasteiger partial charge in [0.2, 0.25) is 0 Å². The van der Waals surface area contributed by atoms with Crippen LogP contribution in [0.5, 0.6) is 0 Å². The first-order valence-corrected chi connectivity index (χ1v) is 6.24. The Balaban J connectivity index is 1.72. The van der Waals surface area contributed by atoms with Gasteiger partial charge in [-0.3, -0.25) is 0 Å². The second kappa shape index (κ2) is 5.72. The Morgan fingerprint density at radius 3 is 3.06 bits per heavy atom. The van der Waals surface area contributed by atoms with Crippen LogP contribution in [0.15, 0.2) is 29.8 Å². The molecule has 0 atom stereocenters. The van der Waals surface area contributed by atoms with Gasteiger partial charge in [-0.2, -0.15) is 0 Å². The van der Waals surface area contributed by atoms with E-state index in [1.165, 1.54) is 4.88 Å². The van der Waals surface area contributed by atoms with Crippen LogP contribution in [0.2, 0.25) is 0 Å². The predicted molar refractivity (Wildman–Crippen MR) is 66.5 cm³/mol. The Labute approximate surface area is 99.6 Å². The standard InChI is InChI=1S/C12H15N3S/c1-10-14-7-4-11(15-10)9-13-6-5-12-3-2-8-16-12/h2-4,7-8,13H,5-6,9H2,1H3. The molecule has 2 aromatic heterocycles. The number of hydrogen-bond donors (Lipinski definition) is 1. The normalized spacial score (nSPS) is 10.6. The molecule has 0 amide bonds. The Kier molecular flexibility index (Phi) is 4.02. The number of rotatable bonds is 5. The molecule has 0 unspecified atom stereocenters. The van der Waals surface area contributed by atoms with Crippen molar-refractivity contribution in [1.82, 2.24) is 15.3 Å². The number of aryl methyl sites for hydroxylation is 1. The Hall–Kier alpha value is -1.26. The van der Waals surface area contributed by atoms with Gasteiger partial charge in [0.25, 0.3) is 0 Å². The van der Waals surface area contributed by atoms with Gasteiger partial charge in [0.05, 0.1) is 5.69 Å². The summed E-state index contributed by atoms with van der Waals surface area (Å²) in [6.45, 7) is 3.72. The number of thiophene rings is 1. The summed E-state index contributed by atoms with van der Waals surface area (Å²) in [7, 11) is 0. The van der Waals surface area contributed by atoms with Crippen LogP contribution in [-0.4, -0.2) is 16.5 Å². The third-order valence-electron chi connectivity index (χ3n) is 2.27. The van der Waals surface area contributed by atoms with Gasteiger partial charge < -0.3 is 5.32 Å². The zero-order chi connectivity index (χ0) is 11.2. The van der Waals surface area contributed by atoms with Crippen LogP contribution in [0.1, 0.15) is 16.4 Å². The minimum Gasteiger partial charge on any atom is -0.311 e. The Morgan fingerprint density at radius 2 is 2.31 bits per heavy atom. The molecule has 0 aliphatic carbocycles. The first-order valence-electron chi connectivity index (χ1n) is 5.36. The largest absolute Gasteiger partial charge is 0.311 e. The quantitative estimate of drug-likeness (QED) is 0.804. The highest BCUT2D eigenvalue weighted by Gasteiger charge is 1.96.